The molecule has 9 nitrogen and oxygen atoms in total. The van der Waals surface area contributed by atoms with Crippen LogP contribution in [0.15, 0.2) is 17.2 Å². The first-order valence-electron chi connectivity index (χ1n) is 13.8. The van der Waals surface area contributed by atoms with Crippen molar-refractivity contribution in [1.29, 1.82) is 0 Å². The van der Waals surface area contributed by atoms with Crippen molar-refractivity contribution in [2.75, 3.05) is 24.5 Å². The number of ether oxygens (including phenoxy) is 1. The summed E-state index contributed by atoms with van der Waals surface area (Å²) in [5.41, 5.74) is 3.08. The van der Waals surface area contributed by atoms with Crippen LogP contribution in [-0.4, -0.2) is 81.9 Å². The number of fused-ring (bicyclic) bond motifs is 1. The molecule has 2 saturated carbocycles. The molecule has 1 atom stereocenters. The topological polar surface area (TPSA) is 87.9 Å². The Labute approximate surface area is 242 Å². The van der Waals surface area contributed by atoms with Gasteiger partial charge in [-0.3, -0.25) is 0 Å². The second-order valence-corrected chi connectivity index (χ2v) is 15.4. The first kappa shape index (κ1) is 27.9. The van der Waals surface area contributed by atoms with Crippen LogP contribution < -0.4 is 9.62 Å². The van der Waals surface area contributed by atoms with Crippen LogP contribution in [-0.2, 0) is 4.74 Å². The average molecular weight is 639 g/mol. The summed E-state index contributed by atoms with van der Waals surface area (Å²) in [4.78, 5) is 23.1. The van der Waals surface area contributed by atoms with E-state index in [2.05, 4.69) is 43.4 Å². The standard InChI is InChI=1S/C27H35F2N7O2SSe/c1-15-13-34(10-11-35(15)25(37)38-26(2,3)4)18-12-17(39-33-27(5)8-9-27)14-36-20(19(16-6-7-16)30-22(18)36)23-31-32-24(40-23)21(28)29/h12,14-16,21,33H,6-11,13H2,1-5H3. The summed E-state index contributed by atoms with van der Waals surface area (Å²) in [6, 6.07) is 2.09. The molecule has 1 aliphatic heterocycles. The zero-order valence-electron chi connectivity index (χ0n) is 23.4. The number of aromatic nitrogens is 4. The van der Waals surface area contributed by atoms with Gasteiger partial charge in [-0.2, -0.15) is 0 Å². The Hall–Kier alpha value is -2.21. The van der Waals surface area contributed by atoms with Gasteiger partial charge >= 0.3 is 223 Å². The average Bonchev–Trinajstić information content (AvgIpc) is 3.77. The van der Waals surface area contributed by atoms with E-state index in [1.165, 1.54) is 0 Å². The fourth-order valence-corrected chi connectivity index (χ4v) is 7.39. The van der Waals surface area contributed by atoms with E-state index >= 15 is 0 Å². The summed E-state index contributed by atoms with van der Waals surface area (Å²) in [6.45, 7) is 11.7. The number of amides is 1. The van der Waals surface area contributed by atoms with Crippen molar-refractivity contribution in [3.8, 4) is 10.3 Å². The van der Waals surface area contributed by atoms with Gasteiger partial charge in [0.2, 0.25) is 0 Å². The Kier molecular flexibility index (Phi) is 7.16. The van der Waals surface area contributed by atoms with Crippen LogP contribution in [0.5, 0.6) is 0 Å². The molecule has 1 amide bonds. The fraction of sp³-hybridized carbons (Fsp3) is 0.630. The molecule has 1 N–H and O–H groups in total. The normalized spacial score (nSPS) is 20.9. The molecule has 3 aromatic heterocycles. The van der Waals surface area contributed by atoms with E-state index in [1.54, 1.807) is 16.8 Å². The maximum atomic E-state index is 13.5. The summed E-state index contributed by atoms with van der Waals surface area (Å²) in [7, 11) is 0. The van der Waals surface area contributed by atoms with Crippen molar-refractivity contribution >= 4 is 43.9 Å². The number of nitrogens with zero attached hydrogens (tertiary/aromatic N) is 6. The van der Waals surface area contributed by atoms with Gasteiger partial charge in [0.25, 0.3) is 0 Å². The van der Waals surface area contributed by atoms with Crippen LogP contribution in [0.4, 0.5) is 19.3 Å². The van der Waals surface area contributed by atoms with Crippen molar-refractivity contribution in [3.05, 3.63) is 22.5 Å². The van der Waals surface area contributed by atoms with Crippen LogP contribution in [0.2, 0.25) is 0 Å². The predicted molar refractivity (Wildman–Crippen MR) is 151 cm³/mol. The third-order valence-electron chi connectivity index (χ3n) is 7.51. The van der Waals surface area contributed by atoms with Crippen molar-refractivity contribution in [1.82, 2.24) is 29.2 Å². The number of imidazole rings is 1. The Balaban J connectivity index is 1.39. The molecular weight excluding hydrogens is 603 g/mol. The number of carbonyl (C=O) groups excluding carboxylic acids is 1. The summed E-state index contributed by atoms with van der Waals surface area (Å²) in [5, 5.41) is 8.07. The minimum atomic E-state index is -2.60. The Bertz CT molecular complexity index is 1430. The van der Waals surface area contributed by atoms with Gasteiger partial charge in [-0.05, 0) is 20.8 Å². The number of anilines is 1. The monoisotopic (exact) mass is 639 g/mol. The first-order chi connectivity index (χ1) is 18.9. The first-order valence-corrected chi connectivity index (χ1v) is 16.3. The maximum absolute atomic E-state index is 13.5. The second-order valence-electron chi connectivity index (χ2n) is 12.4. The number of nitrogens with one attached hydrogen (secondary N) is 1. The molecule has 4 heterocycles. The van der Waals surface area contributed by atoms with Gasteiger partial charge in [-0.15, -0.1) is 0 Å². The van der Waals surface area contributed by atoms with Gasteiger partial charge in [0, 0.05) is 0 Å². The molecule has 13 heteroatoms. The zero-order chi connectivity index (χ0) is 28.4. The van der Waals surface area contributed by atoms with Crippen LogP contribution in [0.25, 0.3) is 15.9 Å². The summed E-state index contributed by atoms with van der Waals surface area (Å²) in [6.07, 6.45) is 3.48. The molecule has 3 fully saturated rings. The van der Waals surface area contributed by atoms with E-state index in [0.717, 1.165) is 53.3 Å². The van der Waals surface area contributed by atoms with Crippen LogP contribution in [0.3, 0.4) is 0 Å². The zero-order valence-corrected chi connectivity index (χ0v) is 25.9. The van der Waals surface area contributed by atoms with Crippen LogP contribution in [0, 0.1) is 0 Å². The van der Waals surface area contributed by atoms with Crippen LogP contribution >= 0.6 is 11.9 Å². The van der Waals surface area contributed by atoms with Crippen molar-refractivity contribution in [3.63, 3.8) is 0 Å². The van der Waals surface area contributed by atoms with E-state index in [-0.39, 0.29) is 22.2 Å². The molecule has 1 saturated heterocycles. The Morgan fingerprint density at radius 3 is 2.60 bits per heavy atom. The van der Waals surface area contributed by atoms with E-state index < -0.39 is 26.5 Å². The number of piperazine rings is 1. The second kappa shape index (κ2) is 10.3. The predicted octanol–water partition coefficient (Wildman–Crippen LogP) is 5.26. The van der Waals surface area contributed by atoms with Crippen LogP contribution in [0.1, 0.15) is 82.9 Å². The van der Waals surface area contributed by atoms with Gasteiger partial charge in [-0.1, -0.05) is 0 Å². The number of carbonyl (C=O) groups is 1. The minimum absolute atomic E-state index is 0.0645. The number of rotatable bonds is 7. The van der Waals surface area contributed by atoms with E-state index in [1.807, 2.05) is 27.7 Å². The van der Waals surface area contributed by atoms with Crippen molar-refractivity contribution < 1.29 is 18.3 Å². The third-order valence-corrected chi connectivity index (χ3v) is 10.5. The number of alkyl halides is 2. The number of hydrogen-bond acceptors (Lipinski definition) is 8. The molecule has 40 heavy (non-hydrogen) atoms. The molecule has 6 rings (SSSR count). The van der Waals surface area contributed by atoms with Crippen molar-refractivity contribution in [2.45, 2.75) is 94.7 Å². The van der Waals surface area contributed by atoms with Gasteiger partial charge in [0.15, 0.2) is 0 Å². The molecule has 0 spiro atoms. The molecule has 216 valence electrons. The van der Waals surface area contributed by atoms with Gasteiger partial charge in [0.1, 0.15) is 0 Å². The number of hydrogen-bond donors (Lipinski definition) is 1. The molecule has 3 aliphatic rings. The molecule has 3 aromatic rings. The number of halogens is 2. The smallest absolute Gasteiger partial charge is 0.0253 e. The van der Waals surface area contributed by atoms with E-state index in [4.69, 9.17) is 9.72 Å². The SMILES string of the molecule is CC1CN(c2cc(SNC3(C)CC3)cn3c(-c4nnc(C(F)F)[se]4)c(C4CC4)nc23)CCN1C(=O)OC(C)(C)C. The third kappa shape index (κ3) is 5.75. The summed E-state index contributed by atoms with van der Waals surface area (Å²) < 4.78 is 38.7. The molecule has 0 radical (unpaired) electrons. The Morgan fingerprint density at radius 2 is 2.00 bits per heavy atom. The van der Waals surface area contributed by atoms with E-state index in [9.17, 15) is 13.6 Å². The van der Waals surface area contributed by atoms with Gasteiger partial charge in [-0.25, -0.2) is 0 Å². The van der Waals surface area contributed by atoms with Gasteiger partial charge < -0.3 is 0 Å². The molecule has 2 aliphatic carbocycles. The molecular formula is C27H35F2N7O2SSe. The Morgan fingerprint density at radius 1 is 1.25 bits per heavy atom. The summed E-state index contributed by atoms with van der Waals surface area (Å²) in [5.74, 6) is 0.305. The van der Waals surface area contributed by atoms with Gasteiger partial charge in [0.05, 0.1) is 0 Å². The minimum Gasteiger partial charge on any atom is -0.0253 e. The quantitative estimate of drug-likeness (QED) is 0.277. The fourth-order valence-electron chi connectivity index (χ4n) is 4.92. The summed E-state index contributed by atoms with van der Waals surface area (Å²) >= 11 is 0.944. The molecule has 0 aromatic carbocycles. The molecule has 1 unspecified atom stereocenters. The van der Waals surface area contributed by atoms with E-state index in [0.29, 0.717) is 30.1 Å². The molecule has 0 bridgehead atoms. The number of pyridine rings is 1. The van der Waals surface area contributed by atoms with Crippen molar-refractivity contribution in [2.24, 2.45) is 0 Å².